The minimum Gasteiger partial charge on any atom is -0.502 e. The van der Waals surface area contributed by atoms with Gasteiger partial charge >= 0.3 is 5.97 Å². The summed E-state index contributed by atoms with van der Waals surface area (Å²) in [6.45, 7) is 0.156. The number of hydrogen-bond donors (Lipinski definition) is 2. The number of carbonyl (C=O) groups is 1. The molecule has 8 heteroatoms. The van der Waals surface area contributed by atoms with Gasteiger partial charge < -0.3 is 24.6 Å². The number of hydrogen-bond acceptors (Lipinski definition) is 8. The predicted octanol–water partition coefficient (Wildman–Crippen LogP) is 3.87. The molecule has 1 unspecified atom stereocenters. The molecule has 0 saturated carbocycles. The Hall–Kier alpha value is -4.33. The van der Waals surface area contributed by atoms with Crippen LogP contribution in [0.1, 0.15) is 17.0 Å². The average Bonchev–Trinajstić information content (AvgIpc) is 3.23. The molecule has 0 radical (unpaired) electrons. The second kappa shape index (κ2) is 7.09. The summed E-state index contributed by atoms with van der Waals surface area (Å²) in [5.41, 5.74) is 5.20. The molecule has 8 nitrogen and oxygen atoms in total. The molecule has 1 atom stereocenters. The number of phenols is 1. The molecule has 2 aromatic heterocycles. The van der Waals surface area contributed by atoms with Crippen molar-refractivity contribution >= 4 is 33.5 Å². The summed E-state index contributed by atoms with van der Waals surface area (Å²) in [7, 11) is 2.95. The second-order valence-electron chi connectivity index (χ2n) is 7.89. The van der Waals surface area contributed by atoms with E-state index in [9.17, 15) is 9.90 Å². The normalized spacial score (nSPS) is 16.9. The zero-order valence-corrected chi connectivity index (χ0v) is 17.9. The Morgan fingerprint density at radius 2 is 1.67 bits per heavy atom. The first-order valence-electron chi connectivity index (χ1n) is 10.4. The number of nitrogens with one attached hydrogen (secondary N) is 1. The second-order valence-corrected chi connectivity index (χ2v) is 7.89. The van der Waals surface area contributed by atoms with Gasteiger partial charge in [-0.25, -0.2) is 4.79 Å². The molecule has 0 spiro atoms. The molecular weight excluding hydrogens is 422 g/mol. The summed E-state index contributed by atoms with van der Waals surface area (Å²) in [6.07, 6.45) is 3.47. The SMILES string of the molecule is COc1cc(C2C3=C(COC3=O)Nc3c2c2cccnc2c2ncccc32)cc(OC)c1O. The van der Waals surface area contributed by atoms with Gasteiger partial charge in [0.2, 0.25) is 5.75 Å². The molecule has 0 amide bonds. The highest BCUT2D eigenvalue weighted by atomic mass is 16.5. The van der Waals surface area contributed by atoms with Gasteiger partial charge in [-0.2, -0.15) is 0 Å². The molecule has 0 aliphatic carbocycles. The van der Waals surface area contributed by atoms with Crippen LogP contribution in [0.3, 0.4) is 0 Å². The van der Waals surface area contributed by atoms with E-state index in [1.807, 2.05) is 24.3 Å². The summed E-state index contributed by atoms with van der Waals surface area (Å²) in [5, 5.41) is 15.7. The highest BCUT2D eigenvalue weighted by Gasteiger charge is 2.41. The van der Waals surface area contributed by atoms with E-state index in [1.165, 1.54) is 14.2 Å². The number of rotatable bonds is 3. The maximum Gasteiger partial charge on any atom is 0.337 e. The number of pyridine rings is 2. The van der Waals surface area contributed by atoms with Crippen LogP contribution < -0.4 is 14.8 Å². The van der Waals surface area contributed by atoms with Crippen LogP contribution in [0.5, 0.6) is 17.2 Å². The number of ether oxygens (including phenoxy) is 3. The Morgan fingerprint density at radius 1 is 1.03 bits per heavy atom. The molecule has 4 heterocycles. The van der Waals surface area contributed by atoms with Gasteiger partial charge in [0.05, 0.1) is 42.2 Å². The lowest BCUT2D eigenvalue weighted by Gasteiger charge is -2.30. The van der Waals surface area contributed by atoms with Gasteiger partial charge in [0.25, 0.3) is 0 Å². The summed E-state index contributed by atoms with van der Waals surface area (Å²) < 4.78 is 16.2. The Bertz CT molecular complexity index is 1490. The van der Waals surface area contributed by atoms with E-state index in [1.54, 1.807) is 24.5 Å². The Labute approximate surface area is 188 Å². The highest BCUT2D eigenvalue weighted by Crippen LogP contribution is 2.51. The van der Waals surface area contributed by atoms with Crippen molar-refractivity contribution in [1.29, 1.82) is 0 Å². The molecule has 2 aliphatic rings. The summed E-state index contributed by atoms with van der Waals surface area (Å²) in [5.74, 6) is -0.477. The number of fused-ring (bicyclic) bond motifs is 6. The molecule has 2 aliphatic heterocycles. The van der Waals surface area contributed by atoms with Crippen molar-refractivity contribution in [3.05, 3.63) is 71.2 Å². The topological polar surface area (TPSA) is 103 Å². The van der Waals surface area contributed by atoms with Gasteiger partial charge in [-0.1, -0.05) is 6.07 Å². The van der Waals surface area contributed by atoms with Crippen molar-refractivity contribution in [2.45, 2.75) is 5.92 Å². The minimum atomic E-state index is -0.494. The standard InChI is InChI=1S/C25H19N3O5/c1-31-16-9-12(10-17(32-2)24(16)29)18-19-13-5-3-7-26-22(13)23-14(6-4-8-27-23)21(19)28-15-11-33-25(30)20(15)18/h3-10,18,28-29H,11H2,1-2H3. The Kier molecular flexibility index (Phi) is 4.16. The van der Waals surface area contributed by atoms with Crippen LogP contribution in [0.2, 0.25) is 0 Å². The first-order valence-corrected chi connectivity index (χ1v) is 10.4. The maximum absolute atomic E-state index is 12.9. The van der Waals surface area contributed by atoms with Gasteiger partial charge in [-0.15, -0.1) is 0 Å². The van der Waals surface area contributed by atoms with E-state index in [0.717, 1.165) is 38.6 Å². The lowest BCUT2D eigenvalue weighted by Crippen LogP contribution is -2.21. The quantitative estimate of drug-likeness (QED) is 0.365. The molecule has 0 fully saturated rings. The fourth-order valence-electron chi connectivity index (χ4n) is 4.84. The van der Waals surface area contributed by atoms with Gasteiger partial charge in [-0.3, -0.25) is 9.97 Å². The third-order valence-corrected chi connectivity index (χ3v) is 6.25. The zero-order valence-electron chi connectivity index (χ0n) is 17.9. The van der Waals surface area contributed by atoms with Gasteiger partial charge in [0.1, 0.15) is 6.61 Å². The predicted molar refractivity (Wildman–Crippen MR) is 122 cm³/mol. The van der Waals surface area contributed by atoms with Crippen LogP contribution in [0.4, 0.5) is 5.69 Å². The minimum absolute atomic E-state index is 0.102. The largest absolute Gasteiger partial charge is 0.502 e. The number of aromatic hydroxyl groups is 1. The number of methoxy groups -OCH3 is 2. The van der Waals surface area contributed by atoms with Crippen LogP contribution in [-0.4, -0.2) is 41.9 Å². The van der Waals surface area contributed by atoms with E-state index < -0.39 is 5.92 Å². The van der Waals surface area contributed by atoms with Crippen LogP contribution >= 0.6 is 0 Å². The third kappa shape index (κ3) is 2.67. The molecular formula is C25H19N3O5. The molecule has 6 rings (SSSR count). The van der Waals surface area contributed by atoms with Crippen LogP contribution in [-0.2, 0) is 9.53 Å². The van der Waals surface area contributed by atoms with E-state index in [4.69, 9.17) is 14.2 Å². The van der Waals surface area contributed by atoms with Crippen LogP contribution in [0.25, 0.3) is 21.8 Å². The molecule has 0 saturated heterocycles. The molecule has 2 aromatic carbocycles. The number of anilines is 1. The van der Waals surface area contributed by atoms with E-state index in [-0.39, 0.29) is 29.8 Å². The van der Waals surface area contributed by atoms with Crippen LogP contribution in [0, 0.1) is 0 Å². The summed E-state index contributed by atoms with van der Waals surface area (Å²) >= 11 is 0. The van der Waals surface area contributed by atoms with Crippen molar-refractivity contribution in [2.24, 2.45) is 0 Å². The number of benzene rings is 2. The lowest BCUT2D eigenvalue weighted by molar-refractivity contribution is -0.136. The number of carbonyl (C=O) groups excluding carboxylic acids is 1. The molecule has 33 heavy (non-hydrogen) atoms. The summed E-state index contributed by atoms with van der Waals surface area (Å²) in [4.78, 5) is 22.1. The first kappa shape index (κ1) is 19.4. The fraction of sp³-hybridized carbons (Fsp3) is 0.160. The van der Waals surface area contributed by atoms with Crippen molar-refractivity contribution in [3.63, 3.8) is 0 Å². The van der Waals surface area contributed by atoms with E-state index in [2.05, 4.69) is 15.3 Å². The number of esters is 1. The molecule has 164 valence electrons. The average molecular weight is 441 g/mol. The van der Waals surface area contributed by atoms with Crippen molar-refractivity contribution in [1.82, 2.24) is 9.97 Å². The van der Waals surface area contributed by atoms with E-state index >= 15 is 0 Å². The summed E-state index contributed by atoms with van der Waals surface area (Å²) in [6, 6.07) is 11.2. The lowest BCUT2D eigenvalue weighted by atomic mass is 9.78. The van der Waals surface area contributed by atoms with E-state index in [0.29, 0.717) is 11.3 Å². The molecule has 2 N–H and O–H groups in total. The fourth-order valence-corrected chi connectivity index (χ4v) is 4.84. The number of aromatic nitrogens is 2. The maximum atomic E-state index is 12.9. The van der Waals surface area contributed by atoms with Crippen molar-refractivity contribution in [2.75, 3.05) is 26.1 Å². The zero-order chi connectivity index (χ0) is 22.7. The molecule has 4 aromatic rings. The van der Waals surface area contributed by atoms with Crippen molar-refractivity contribution in [3.8, 4) is 17.2 Å². The number of nitrogens with zero attached hydrogens (tertiary/aromatic N) is 2. The Balaban J connectivity index is 1.76. The number of cyclic esters (lactones) is 1. The highest BCUT2D eigenvalue weighted by molar-refractivity contribution is 6.14. The van der Waals surface area contributed by atoms with Gasteiger partial charge in [-0.05, 0) is 41.5 Å². The Morgan fingerprint density at radius 3 is 2.33 bits per heavy atom. The van der Waals surface area contributed by atoms with Crippen molar-refractivity contribution < 1.29 is 24.1 Å². The van der Waals surface area contributed by atoms with Gasteiger partial charge in [0.15, 0.2) is 11.5 Å². The van der Waals surface area contributed by atoms with Gasteiger partial charge in [0, 0.05) is 29.1 Å². The smallest absolute Gasteiger partial charge is 0.337 e. The first-order chi connectivity index (χ1) is 16.1. The molecule has 0 bridgehead atoms. The van der Waals surface area contributed by atoms with Crippen LogP contribution in [0.15, 0.2) is 60.1 Å². The number of phenolic OH excluding ortho intramolecular Hbond substituents is 1. The third-order valence-electron chi connectivity index (χ3n) is 6.25. The monoisotopic (exact) mass is 441 g/mol.